The van der Waals surface area contributed by atoms with Crippen molar-refractivity contribution in [2.24, 2.45) is 5.92 Å². The molecule has 2 heterocycles. The smallest absolute Gasteiger partial charge is 0.277 e. The van der Waals surface area contributed by atoms with Crippen LogP contribution >= 0.6 is 23.1 Å². The second-order valence-electron chi connectivity index (χ2n) is 5.58. The molecule has 0 unspecified atom stereocenters. The number of rotatable bonds is 8. The molecular weight excluding hydrogens is 318 g/mol. The Hall–Kier alpha value is -1.34. The third-order valence-corrected chi connectivity index (χ3v) is 4.73. The largest absolute Gasteiger partial charge is 0.410 e. The van der Waals surface area contributed by atoms with Crippen LogP contribution in [0.25, 0.3) is 10.8 Å². The molecule has 0 aliphatic heterocycles. The minimum absolute atomic E-state index is 0.00266. The normalized spacial score (nSPS) is 12.5. The highest BCUT2D eigenvalue weighted by Gasteiger charge is 2.13. The maximum atomic E-state index is 11.9. The summed E-state index contributed by atoms with van der Waals surface area (Å²) in [4.78, 5) is 12.8. The SMILES string of the molecule is CC(C)CC[C@H](C)NC(=O)CSc1nnc(-c2cccs2)o1. The molecule has 0 aliphatic carbocycles. The summed E-state index contributed by atoms with van der Waals surface area (Å²) < 4.78 is 5.53. The van der Waals surface area contributed by atoms with Gasteiger partial charge in [0.25, 0.3) is 11.1 Å². The van der Waals surface area contributed by atoms with E-state index in [0.717, 1.165) is 17.7 Å². The Morgan fingerprint density at radius 3 is 2.86 bits per heavy atom. The maximum Gasteiger partial charge on any atom is 0.277 e. The molecule has 2 aromatic heterocycles. The number of hydrogen-bond acceptors (Lipinski definition) is 6. The fraction of sp³-hybridized carbons (Fsp3) is 0.533. The second-order valence-corrected chi connectivity index (χ2v) is 7.45. The Morgan fingerprint density at radius 1 is 1.36 bits per heavy atom. The van der Waals surface area contributed by atoms with Crippen molar-refractivity contribution in [3.05, 3.63) is 17.5 Å². The van der Waals surface area contributed by atoms with E-state index in [-0.39, 0.29) is 17.7 Å². The van der Waals surface area contributed by atoms with E-state index >= 15 is 0 Å². The number of carbonyl (C=O) groups excluding carboxylic acids is 1. The highest BCUT2D eigenvalue weighted by Crippen LogP contribution is 2.26. The molecule has 120 valence electrons. The monoisotopic (exact) mass is 339 g/mol. The molecule has 2 aromatic rings. The molecule has 2 rings (SSSR count). The number of hydrogen-bond donors (Lipinski definition) is 1. The molecular formula is C15H21N3O2S2. The lowest BCUT2D eigenvalue weighted by molar-refractivity contribution is -0.119. The maximum absolute atomic E-state index is 11.9. The van der Waals surface area contributed by atoms with Crippen LogP contribution in [0.5, 0.6) is 0 Å². The van der Waals surface area contributed by atoms with E-state index < -0.39 is 0 Å². The predicted octanol–water partition coefficient (Wildman–Crippen LogP) is 3.83. The van der Waals surface area contributed by atoms with Crippen molar-refractivity contribution in [3.63, 3.8) is 0 Å². The van der Waals surface area contributed by atoms with Crippen LogP contribution in [0.1, 0.15) is 33.6 Å². The first-order valence-corrected chi connectivity index (χ1v) is 9.20. The summed E-state index contributed by atoms with van der Waals surface area (Å²) in [5.74, 6) is 1.45. The molecule has 22 heavy (non-hydrogen) atoms. The van der Waals surface area contributed by atoms with Crippen molar-refractivity contribution >= 4 is 29.0 Å². The standard InChI is InChI=1S/C15H21N3O2S2/c1-10(2)6-7-11(3)16-13(19)9-22-15-18-17-14(20-15)12-5-4-8-21-12/h4-5,8,10-11H,6-7,9H2,1-3H3,(H,16,19)/t11-/m0/s1. The van der Waals surface area contributed by atoms with Crippen LogP contribution in [0.15, 0.2) is 27.2 Å². The zero-order valence-corrected chi connectivity index (χ0v) is 14.7. The fourth-order valence-electron chi connectivity index (χ4n) is 1.87. The predicted molar refractivity (Wildman–Crippen MR) is 90.0 cm³/mol. The summed E-state index contributed by atoms with van der Waals surface area (Å²) in [6.07, 6.45) is 2.11. The lowest BCUT2D eigenvalue weighted by Gasteiger charge is -2.14. The lowest BCUT2D eigenvalue weighted by Crippen LogP contribution is -2.34. The molecule has 1 amide bonds. The lowest BCUT2D eigenvalue weighted by atomic mass is 10.0. The average molecular weight is 339 g/mol. The van der Waals surface area contributed by atoms with Gasteiger partial charge in [-0.1, -0.05) is 31.7 Å². The van der Waals surface area contributed by atoms with Crippen LogP contribution in [0, 0.1) is 5.92 Å². The Kier molecular flexibility index (Phi) is 6.45. The zero-order valence-electron chi connectivity index (χ0n) is 13.0. The van der Waals surface area contributed by atoms with Crippen LogP contribution in [0.4, 0.5) is 0 Å². The Labute approximate surface area is 138 Å². The minimum atomic E-state index is -0.00266. The molecule has 1 atom stereocenters. The molecule has 1 N–H and O–H groups in total. The van der Waals surface area contributed by atoms with Gasteiger partial charge in [0.2, 0.25) is 5.91 Å². The van der Waals surface area contributed by atoms with Gasteiger partial charge in [0.15, 0.2) is 0 Å². The van der Waals surface area contributed by atoms with Gasteiger partial charge in [0.05, 0.1) is 10.6 Å². The van der Waals surface area contributed by atoms with E-state index in [1.165, 1.54) is 11.8 Å². The van der Waals surface area contributed by atoms with Crippen molar-refractivity contribution in [3.8, 4) is 10.8 Å². The number of thiophene rings is 1. The molecule has 0 aromatic carbocycles. The molecule has 7 heteroatoms. The molecule has 0 fully saturated rings. The molecule has 5 nitrogen and oxygen atoms in total. The highest BCUT2D eigenvalue weighted by molar-refractivity contribution is 7.99. The summed E-state index contributed by atoms with van der Waals surface area (Å²) in [6.45, 7) is 6.41. The Bertz CT molecular complexity index is 581. The number of nitrogens with one attached hydrogen (secondary N) is 1. The van der Waals surface area contributed by atoms with Gasteiger partial charge in [-0.3, -0.25) is 4.79 Å². The van der Waals surface area contributed by atoms with Crippen LogP contribution in [-0.2, 0) is 4.79 Å². The number of thioether (sulfide) groups is 1. The summed E-state index contributed by atoms with van der Waals surface area (Å²) in [5.41, 5.74) is 0. The van der Waals surface area contributed by atoms with Crippen molar-refractivity contribution in [1.29, 1.82) is 0 Å². The van der Waals surface area contributed by atoms with Crippen LogP contribution in [0.3, 0.4) is 0 Å². The molecule has 0 saturated heterocycles. The van der Waals surface area contributed by atoms with E-state index in [9.17, 15) is 4.79 Å². The first kappa shape index (κ1) is 17.0. The van der Waals surface area contributed by atoms with Crippen molar-refractivity contribution < 1.29 is 9.21 Å². The quantitative estimate of drug-likeness (QED) is 0.740. The van der Waals surface area contributed by atoms with Gasteiger partial charge in [0.1, 0.15) is 0 Å². The van der Waals surface area contributed by atoms with Gasteiger partial charge in [-0.15, -0.1) is 21.5 Å². The molecule has 0 spiro atoms. The summed E-state index contributed by atoms with van der Waals surface area (Å²) in [7, 11) is 0. The van der Waals surface area contributed by atoms with Gasteiger partial charge in [0, 0.05) is 6.04 Å². The molecule has 0 aliphatic rings. The van der Waals surface area contributed by atoms with Gasteiger partial charge in [-0.05, 0) is 37.1 Å². The van der Waals surface area contributed by atoms with Crippen molar-refractivity contribution in [2.45, 2.75) is 44.9 Å². The molecule has 0 radical (unpaired) electrons. The average Bonchev–Trinajstić information content (AvgIpc) is 3.13. The molecule has 0 saturated carbocycles. The number of aromatic nitrogens is 2. The van der Waals surface area contributed by atoms with E-state index in [4.69, 9.17) is 4.42 Å². The summed E-state index contributed by atoms with van der Waals surface area (Å²) in [6, 6.07) is 4.05. The van der Waals surface area contributed by atoms with Gasteiger partial charge < -0.3 is 9.73 Å². The topological polar surface area (TPSA) is 68.0 Å². The number of carbonyl (C=O) groups is 1. The minimum Gasteiger partial charge on any atom is -0.410 e. The third-order valence-electron chi connectivity index (χ3n) is 3.05. The number of nitrogens with zero attached hydrogens (tertiary/aromatic N) is 2. The highest BCUT2D eigenvalue weighted by atomic mass is 32.2. The number of amides is 1. The Morgan fingerprint density at radius 2 is 2.18 bits per heavy atom. The van der Waals surface area contributed by atoms with Crippen LogP contribution < -0.4 is 5.32 Å². The van der Waals surface area contributed by atoms with Gasteiger partial charge in [-0.25, -0.2) is 0 Å². The molecule has 0 bridgehead atoms. The zero-order chi connectivity index (χ0) is 15.9. The van der Waals surface area contributed by atoms with Gasteiger partial charge >= 0.3 is 0 Å². The first-order chi connectivity index (χ1) is 10.5. The van der Waals surface area contributed by atoms with Crippen molar-refractivity contribution in [1.82, 2.24) is 15.5 Å². The van der Waals surface area contributed by atoms with Gasteiger partial charge in [-0.2, -0.15) is 0 Å². The van der Waals surface area contributed by atoms with Crippen LogP contribution in [-0.4, -0.2) is 27.9 Å². The van der Waals surface area contributed by atoms with Crippen molar-refractivity contribution in [2.75, 3.05) is 5.75 Å². The fourth-order valence-corrected chi connectivity index (χ4v) is 3.09. The van der Waals surface area contributed by atoms with E-state index in [1.807, 2.05) is 24.4 Å². The summed E-state index contributed by atoms with van der Waals surface area (Å²) >= 11 is 2.81. The third kappa shape index (κ3) is 5.46. The van der Waals surface area contributed by atoms with E-state index in [0.29, 0.717) is 17.0 Å². The van der Waals surface area contributed by atoms with E-state index in [1.54, 1.807) is 11.3 Å². The first-order valence-electron chi connectivity index (χ1n) is 7.34. The Balaban J connectivity index is 1.74. The summed E-state index contributed by atoms with van der Waals surface area (Å²) in [5, 5.41) is 13.3. The van der Waals surface area contributed by atoms with E-state index in [2.05, 4.69) is 29.4 Å². The second kappa shape index (κ2) is 8.33. The van der Waals surface area contributed by atoms with Crippen LogP contribution in [0.2, 0.25) is 0 Å².